The summed E-state index contributed by atoms with van der Waals surface area (Å²) in [5.41, 5.74) is 16.0. The van der Waals surface area contributed by atoms with Crippen molar-refractivity contribution in [1.82, 2.24) is 0 Å². The van der Waals surface area contributed by atoms with E-state index in [1.54, 1.807) is 0 Å². The topological polar surface area (TPSA) is 3.24 Å². The van der Waals surface area contributed by atoms with Gasteiger partial charge in [-0.15, -0.1) is 0 Å². The van der Waals surface area contributed by atoms with Gasteiger partial charge in [0.2, 0.25) is 0 Å². The second kappa shape index (κ2) is 11.9. The molecule has 0 unspecified atom stereocenters. The maximum atomic E-state index is 2.49. The molecule has 0 N–H and O–H groups in total. The van der Waals surface area contributed by atoms with E-state index in [1.807, 2.05) is 0 Å². The van der Waals surface area contributed by atoms with E-state index < -0.39 is 5.41 Å². The van der Waals surface area contributed by atoms with Gasteiger partial charge in [-0.05, 0) is 114 Å². The van der Waals surface area contributed by atoms with Crippen molar-refractivity contribution in [2.45, 2.75) is 24.7 Å². The molecular formula is C54H39N. The summed E-state index contributed by atoms with van der Waals surface area (Å²) in [6.45, 7) is 4.60. The number of hydrogen-bond donors (Lipinski definition) is 0. The van der Waals surface area contributed by atoms with E-state index in [1.165, 1.54) is 77.2 Å². The van der Waals surface area contributed by atoms with E-state index in [9.17, 15) is 0 Å². The predicted octanol–water partition coefficient (Wildman–Crippen LogP) is 14.2. The van der Waals surface area contributed by atoms with Crippen LogP contribution in [0.2, 0.25) is 0 Å². The van der Waals surface area contributed by atoms with Gasteiger partial charge in [0.25, 0.3) is 0 Å². The van der Waals surface area contributed by atoms with Crippen LogP contribution in [0.25, 0.3) is 49.9 Å². The molecule has 3 aliphatic rings. The Morgan fingerprint density at radius 2 is 0.909 bits per heavy atom. The summed E-state index contributed by atoms with van der Waals surface area (Å²) in [4.78, 5) is 2.48. The van der Waals surface area contributed by atoms with Crippen LogP contribution in [0.5, 0.6) is 0 Å². The smallest absolute Gasteiger partial charge is 0.0726 e. The number of fused-ring (bicyclic) bond motifs is 14. The quantitative estimate of drug-likeness (QED) is 0.166. The van der Waals surface area contributed by atoms with Gasteiger partial charge in [0, 0.05) is 22.5 Å². The van der Waals surface area contributed by atoms with Crippen LogP contribution in [0.4, 0.5) is 17.1 Å². The summed E-state index contributed by atoms with van der Waals surface area (Å²) < 4.78 is 0. The zero-order valence-electron chi connectivity index (χ0n) is 31.0. The Hall–Kier alpha value is -6.70. The third-order valence-electron chi connectivity index (χ3n) is 12.3. The van der Waals surface area contributed by atoms with Crippen molar-refractivity contribution < 1.29 is 0 Å². The molecule has 0 heterocycles. The van der Waals surface area contributed by atoms with Crippen molar-refractivity contribution in [3.05, 3.63) is 228 Å². The van der Waals surface area contributed by atoms with Crippen LogP contribution in [0.1, 0.15) is 47.2 Å². The third kappa shape index (κ3) is 4.60. The fourth-order valence-electron chi connectivity index (χ4n) is 9.89. The monoisotopic (exact) mass is 701 g/mol. The van der Waals surface area contributed by atoms with E-state index in [0.717, 1.165) is 17.1 Å². The Morgan fingerprint density at radius 3 is 1.64 bits per heavy atom. The molecule has 0 amide bonds. The number of allylic oxidation sites excluding steroid dienone is 5. The van der Waals surface area contributed by atoms with Gasteiger partial charge in [-0.1, -0.05) is 178 Å². The first-order valence-corrected chi connectivity index (χ1v) is 19.3. The summed E-state index contributed by atoms with van der Waals surface area (Å²) in [7, 11) is 0. The van der Waals surface area contributed by atoms with E-state index >= 15 is 0 Å². The van der Waals surface area contributed by atoms with E-state index in [2.05, 4.69) is 219 Å². The van der Waals surface area contributed by atoms with Gasteiger partial charge in [0.1, 0.15) is 0 Å². The highest BCUT2D eigenvalue weighted by atomic mass is 15.1. The van der Waals surface area contributed by atoms with Crippen LogP contribution in [-0.2, 0) is 10.8 Å². The summed E-state index contributed by atoms with van der Waals surface area (Å²) in [5, 5.41) is 5.01. The van der Waals surface area contributed by atoms with Crippen molar-refractivity contribution in [3.63, 3.8) is 0 Å². The molecule has 0 bridgehead atoms. The molecule has 11 rings (SSSR count). The van der Waals surface area contributed by atoms with Gasteiger partial charge in [0.15, 0.2) is 0 Å². The predicted molar refractivity (Wildman–Crippen MR) is 233 cm³/mol. The number of benzene rings is 8. The summed E-state index contributed by atoms with van der Waals surface area (Å²) in [5.74, 6) is 0. The van der Waals surface area contributed by atoms with Gasteiger partial charge >= 0.3 is 0 Å². The largest absolute Gasteiger partial charge is 0.310 e. The van der Waals surface area contributed by atoms with Crippen LogP contribution in [-0.4, -0.2) is 0 Å². The highest BCUT2D eigenvalue weighted by molar-refractivity contribution is 6.09. The fourth-order valence-corrected chi connectivity index (χ4v) is 9.89. The first kappa shape index (κ1) is 31.8. The van der Waals surface area contributed by atoms with Gasteiger partial charge in [-0.2, -0.15) is 0 Å². The maximum absolute atomic E-state index is 2.49. The Bertz CT molecular complexity index is 2910. The highest BCUT2D eigenvalue weighted by Gasteiger charge is 2.51. The lowest BCUT2D eigenvalue weighted by atomic mass is 9.70. The molecule has 3 aliphatic carbocycles. The van der Waals surface area contributed by atoms with Gasteiger partial charge in [-0.3, -0.25) is 0 Å². The minimum Gasteiger partial charge on any atom is -0.310 e. The fraction of sp³-hybridized carbons (Fsp3) is 0.0741. The van der Waals surface area contributed by atoms with Crippen molar-refractivity contribution >= 4 is 44.7 Å². The lowest BCUT2D eigenvalue weighted by Gasteiger charge is -2.32. The molecule has 0 aliphatic heterocycles. The second-order valence-corrected chi connectivity index (χ2v) is 15.7. The molecule has 1 heteroatoms. The van der Waals surface area contributed by atoms with E-state index in [-0.39, 0.29) is 5.41 Å². The molecule has 1 nitrogen and oxygen atoms in total. The van der Waals surface area contributed by atoms with Crippen LogP contribution in [0.3, 0.4) is 0 Å². The number of hydrogen-bond acceptors (Lipinski definition) is 1. The SMILES string of the molecule is CC1(C)C=CC=CC=Cc2cc(N(c3ccc4c(c3)C3(c5ccccc5-c5ccccc53)c3ccccc3-4)c3ccc4ccc5ccccc5c4c3)ccc21. The minimum atomic E-state index is -0.421. The number of anilines is 3. The Kier molecular flexibility index (Phi) is 6.88. The molecule has 0 saturated heterocycles. The van der Waals surface area contributed by atoms with Crippen molar-refractivity contribution in [2.75, 3.05) is 4.90 Å². The summed E-state index contributed by atoms with van der Waals surface area (Å²) in [6, 6.07) is 61.6. The lowest BCUT2D eigenvalue weighted by Crippen LogP contribution is -2.26. The molecule has 8 aromatic carbocycles. The Balaban J connectivity index is 1.20. The van der Waals surface area contributed by atoms with Crippen LogP contribution in [0, 0.1) is 0 Å². The summed E-state index contributed by atoms with van der Waals surface area (Å²) in [6.07, 6.45) is 13.1. The average Bonchev–Trinajstić information content (AvgIpc) is 3.71. The molecule has 0 radical (unpaired) electrons. The average molecular weight is 702 g/mol. The first-order valence-electron chi connectivity index (χ1n) is 19.3. The minimum absolute atomic E-state index is 0.130. The Morgan fingerprint density at radius 1 is 0.382 bits per heavy atom. The normalized spacial score (nSPS) is 15.2. The molecule has 260 valence electrons. The molecular weight excluding hydrogens is 663 g/mol. The van der Waals surface area contributed by atoms with Crippen molar-refractivity contribution in [2.24, 2.45) is 0 Å². The van der Waals surface area contributed by atoms with Crippen LogP contribution >= 0.6 is 0 Å². The molecule has 8 aromatic rings. The van der Waals surface area contributed by atoms with Crippen LogP contribution < -0.4 is 4.90 Å². The molecule has 1 spiro atoms. The van der Waals surface area contributed by atoms with E-state index in [0.29, 0.717) is 0 Å². The van der Waals surface area contributed by atoms with Gasteiger partial charge in [-0.25, -0.2) is 0 Å². The summed E-state index contributed by atoms with van der Waals surface area (Å²) >= 11 is 0. The van der Waals surface area contributed by atoms with Crippen molar-refractivity contribution in [3.8, 4) is 22.3 Å². The first-order chi connectivity index (χ1) is 27.0. The zero-order valence-corrected chi connectivity index (χ0v) is 31.0. The number of nitrogens with zero attached hydrogens (tertiary/aromatic N) is 1. The molecule has 55 heavy (non-hydrogen) atoms. The van der Waals surface area contributed by atoms with E-state index in [4.69, 9.17) is 0 Å². The molecule has 0 saturated carbocycles. The van der Waals surface area contributed by atoms with Crippen molar-refractivity contribution in [1.29, 1.82) is 0 Å². The Labute approximate surface area is 322 Å². The molecule has 0 fully saturated rings. The maximum Gasteiger partial charge on any atom is 0.0726 e. The van der Waals surface area contributed by atoms with Gasteiger partial charge in [0.05, 0.1) is 5.41 Å². The third-order valence-corrected chi connectivity index (χ3v) is 12.3. The van der Waals surface area contributed by atoms with Crippen LogP contribution in [0.15, 0.2) is 194 Å². The van der Waals surface area contributed by atoms with Gasteiger partial charge < -0.3 is 4.90 Å². The number of rotatable bonds is 3. The zero-order chi connectivity index (χ0) is 36.7. The standard InChI is InChI=1S/C54H39N/c1-53(2)32-14-4-3-5-16-38-33-39(29-31-48(38)53)55(40-27-26-37-25-24-36-15-6-7-17-42(36)47(37)34-40)41-28-30-46-45-20-10-13-23-51(45)54(52(46)35-41)49-21-11-8-18-43(49)44-19-9-12-22-50(44)54/h3-35H,1-2H3. The second-order valence-electron chi connectivity index (χ2n) is 15.7. The highest BCUT2D eigenvalue weighted by Crippen LogP contribution is 2.63. The molecule has 0 atom stereocenters. The molecule has 0 aromatic heterocycles. The lowest BCUT2D eigenvalue weighted by molar-refractivity contribution is 0.668.